The van der Waals surface area contributed by atoms with Crippen molar-refractivity contribution in [3.05, 3.63) is 24.3 Å². The minimum absolute atomic E-state index is 0.516. The average molecular weight is 221 g/mol. The molecule has 1 saturated carbocycles. The standard InChI is InChI=1S/C12H19N3O/c1-2-4-12(3-1)16-6-5-13-7-11-8-14-10-15-9-11/h8-10,12-13H,1-7H2. The molecule has 1 aliphatic rings. The first-order valence-electron chi connectivity index (χ1n) is 6.01. The highest BCUT2D eigenvalue weighted by molar-refractivity contribution is 5.01. The smallest absolute Gasteiger partial charge is 0.115 e. The summed E-state index contributed by atoms with van der Waals surface area (Å²) in [5, 5.41) is 3.32. The highest BCUT2D eigenvalue weighted by Gasteiger charge is 2.14. The third-order valence-electron chi connectivity index (χ3n) is 2.88. The van der Waals surface area contributed by atoms with E-state index in [1.165, 1.54) is 25.7 Å². The zero-order valence-corrected chi connectivity index (χ0v) is 9.56. The van der Waals surface area contributed by atoms with E-state index in [2.05, 4.69) is 15.3 Å². The van der Waals surface area contributed by atoms with E-state index in [1.807, 2.05) is 12.4 Å². The molecule has 4 heteroatoms. The summed E-state index contributed by atoms with van der Waals surface area (Å²) >= 11 is 0. The fourth-order valence-corrected chi connectivity index (χ4v) is 2.01. The maximum Gasteiger partial charge on any atom is 0.115 e. The van der Waals surface area contributed by atoms with Crippen molar-refractivity contribution < 1.29 is 4.74 Å². The van der Waals surface area contributed by atoms with E-state index in [0.717, 1.165) is 25.3 Å². The lowest BCUT2D eigenvalue weighted by Gasteiger charge is -2.11. The summed E-state index contributed by atoms with van der Waals surface area (Å²) in [6.07, 6.45) is 10.9. The predicted molar refractivity (Wildman–Crippen MR) is 61.9 cm³/mol. The van der Waals surface area contributed by atoms with E-state index in [1.54, 1.807) is 6.33 Å². The van der Waals surface area contributed by atoms with Gasteiger partial charge in [0.05, 0.1) is 12.7 Å². The second-order valence-corrected chi connectivity index (χ2v) is 4.20. The molecule has 88 valence electrons. The van der Waals surface area contributed by atoms with Gasteiger partial charge in [0, 0.05) is 31.0 Å². The second-order valence-electron chi connectivity index (χ2n) is 4.20. The van der Waals surface area contributed by atoms with E-state index in [4.69, 9.17) is 4.74 Å². The van der Waals surface area contributed by atoms with Crippen molar-refractivity contribution in [2.75, 3.05) is 13.2 Å². The minimum Gasteiger partial charge on any atom is -0.377 e. The van der Waals surface area contributed by atoms with E-state index in [-0.39, 0.29) is 0 Å². The van der Waals surface area contributed by atoms with Crippen molar-refractivity contribution in [2.45, 2.75) is 38.3 Å². The van der Waals surface area contributed by atoms with Crippen molar-refractivity contribution in [1.82, 2.24) is 15.3 Å². The van der Waals surface area contributed by atoms with Crippen LogP contribution in [-0.2, 0) is 11.3 Å². The number of ether oxygens (including phenoxy) is 1. The van der Waals surface area contributed by atoms with E-state index in [0.29, 0.717) is 6.10 Å². The van der Waals surface area contributed by atoms with Crippen LogP contribution < -0.4 is 5.32 Å². The summed E-state index contributed by atoms with van der Waals surface area (Å²) in [7, 11) is 0. The molecule has 0 aromatic carbocycles. The molecule has 1 heterocycles. The molecule has 0 radical (unpaired) electrons. The molecule has 1 aromatic heterocycles. The summed E-state index contributed by atoms with van der Waals surface area (Å²) in [6, 6.07) is 0. The van der Waals surface area contributed by atoms with Crippen LogP contribution in [0.25, 0.3) is 0 Å². The number of hydrogen-bond donors (Lipinski definition) is 1. The van der Waals surface area contributed by atoms with Crippen LogP contribution in [0.2, 0.25) is 0 Å². The van der Waals surface area contributed by atoms with Gasteiger partial charge >= 0.3 is 0 Å². The molecule has 1 aliphatic carbocycles. The van der Waals surface area contributed by atoms with Crippen LogP contribution in [-0.4, -0.2) is 29.2 Å². The van der Waals surface area contributed by atoms with Gasteiger partial charge in [0.15, 0.2) is 0 Å². The Labute approximate surface area is 96.4 Å². The molecule has 0 atom stereocenters. The molecule has 0 bridgehead atoms. The molecular formula is C12H19N3O. The van der Waals surface area contributed by atoms with Gasteiger partial charge in [0.25, 0.3) is 0 Å². The third kappa shape index (κ3) is 3.87. The molecule has 0 unspecified atom stereocenters. The molecule has 1 N–H and O–H groups in total. The van der Waals surface area contributed by atoms with Crippen molar-refractivity contribution >= 4 is 0 Å². The summed E-state index contributed by atoms with van der Waals surface area (Å²) in [6.45, 7) is 2.51. The Balaban J connectivity index is 1.52. The van der Waals surface area contributed by atoms with Crippen molar-refractivity contribution in [1.29, 1.82) is 0 Å². The fraction of sp³-hybridized carbons (Fsp3) is 0.667. The molecule has 0 spiro atoms. The molecule has 0 amide bonds. The molecule has 0 saturated heterocycles. The van der Waals surface area contributed by atoms with Crippen molar-refractivity contribution in [3.8, 4) is 0 Å². The molecule has 0 aliphatic heterocycles. The van der Waals surface area contributed by atoms with Crippen LogP contribution in [0.4, 0.5) is 0 Å². The molecule has 4 nitrogen and oxygen atoms in total. The number of hydrogen-bond acceptors (Lipinski definition) is 4. The highest BCUT2D eigenvalue weighted by Crippen LogP contribution is 2.20. The third-order valence-corrected chi connectivity index (χ3v) is 2.88. The van der Waals surface area contributed by atoms with Gasteiger partial charge < -0.3 is 10.1 Å². The lowest BCUT2D eigenvalue weighted by Crippen LogP contribution is -2.22. The molecule has 1 aromatic rings. The monoisotopic (exact) mass is 221 g/mol. The van der Waals surface area contributed by atoms with Gasteiger partial charge in [-0.15, -0.1) is 0 Å². The largest absolute Gasteiger partial charge is 0.377 e. The molecule has 2 rings (SSSR count). The van der Waals surface area contributed by atoms with Crippen LogP contribution in [0.5, 0.6) is 0 Å². The minimum atomic E-state index is 0.516. The van der Waals surface area contributed by atoms with E-state index in [9.17, 15) is 0 Å². The van der Waals surface area contributed by atoms with Gasteiger partial charge in [0.2, 0.25) is 0 Å². The maximum atomic E-state index is 5.75. The van der Waals surface area contributed by atoms with Crippen LogP contribution in [0.1, 0.15) is 31.2 Å². The Kier molecular flexibility index (Phi) is 4.70. The highest BCUT2D eigenvalue weighted by atomic mass is 16.5. The van der Waals surface area contributed by atoms with Gasteiger partial charge in [-0.25, -0.2) is 9.97 Å². The molecular weight excluding hydrogens is 202 g/mol. The quantitative estimate of drug-likeness (QED) is 0.740. The maximum absolute atomic E-state index is 5.75. The summed E-state index contributed by atoms with van der Waals surface area (Å²) in [4.78, 5) is 7.93. The predicted octanol–water partition coefficient (Wildman–Crippen LogP) is 1.53. The Morgan fingerprint density at radius 3 is 2.75 bits per heavy atom. The number of nitrogens with zero attached hydrogens (tertiary/aromatic N) is 2. The number of aromatic nitrogens is 2. The van der Waals surface area contributed by atoms with Gasteiger partial charge in [-0.05, 0) is 12.8 Å². The van der Waals surface area contributed by atoms with Crippen molar-refractivity contribution in [2.24, 2.45) is 0 Å². The Morgan fingerprint density at radius 2 is 2.00 bits per heavy atom. The molecule has 16 heavy (non-hydrogen) atoms. The van der Waals surface area contributed by atoms with E-state index < -0.39 is 0 Å². The summed E-state index contributed by atoms with van der Waals surface area (Å²) in [5.41, 5.74) is 1.11. The van der Waals surface area contributed by atoms with Gasteiger partial charge in [-0.2, -0.15) is 0 Å². The first-order chi connectivity index (χ1) is 7.95. The summed E-state index contributed by atoms with van der Waals surface area (Å²) < 4.78 is 5.75. The zero-order valence-electron chi connectivity index (χ0n) is 9.56. The van der Waals surface area contributed by atoms with E-state index >= 15 is 0 Å². The second kappa shape index (κ2) is 6.55. The van der Waals surface area contributed by atoms with Crippen LogP contribution >= 0.6 is 0 Å². The zero-order chi connectivity index (χ0) is 11.1. The molecule has 1 fully saturated rings. The summed E-state index contributed by atoms with van der Waals surface area (Å²) in [5.74, 6) is 0. The van der Waals surface area contributed by atoms with Crippen LogP contribution in [0.15, 0.2) is 18.7 Å². The van der Waals surface area contributed by atoms with Crippen molar-refractivity contribution in [3.63, 3.8) is 0 Å². The Hall–Kier alpha value is -1.00. The first-order valence-corrected chi connectivity index (χ1v) is 6.01. The topological polar surface area (TPSA) is 47.0 Å². The lowest BCUT2D eigenvalue weighted by atomic mass is 10.3. The number of nitrogens with one attached hydrogen (secondary N) is 1. The lowest BCUT2D eigenvalue weighted by molar-refractivity contribution is 0.0602. The van der Waals surface area contributed by atoms with Gasteiger partial charge in [-0.3, -0.25) is 0 Å². The Bertz CT molecular complexity index is 286. The first kappa shape index (κ1) is 11.5. The van der Waals surface area contributed by atoms with Gasteiger partial charge in [0.1, 0.15) is 6.33 Å². The number of rotatable bonds is 6. The van der Waals surface area contributed by atoms with Gasteiger partial charge in [-0.1, -0.05) is 12.8 Å². The Morgan fingerprint density at radius 1 is 1.25 bits per heavy atom. The normalized spacial score (nSPS) is 16.8. The SMILES string of the molecule is c1ncc(CNCCOC2CCCC2)cn1. The average Bonchev–Trinajstić information content (AvgIpc) is 2.83. The van der Waals surface area contributed by atoms with Crippen LogP contribution in [0.3, 0.4) is 0 Å². The fourth-order valence-electron chi connectivity index (χ4n) is 2.01. The van der Waals surface area contributed by atoms with Crippen LogP contribution in [0, 0.1) is 0 Å².